The number of carbonyl (C=O) groups excluding carboxylic acids is 1. The summed E-state index contributed by atoms with van der Waals surface area (Å²) in [6, 6.07) is 15.8. The molecule has 1 unspecified atom stereocenters. The average molecular weight is 440 g/mol. The highest BCUT2D eigenvalue weighted by atomic mass is 31.2. The molecule has 1 heterocycles. The van der Waals surface area contributed by atoms with Crippen LogP contribution in [-0.2, 0) is 13.8 Å². The standard InChI is InChI=1S/C22H17O8P/c1-27-22(24)16-6-4-3-5-15(16)21-17-9-7-13(23)11-19(17)29-20-12-14(8-10-18(20)21)30-31(25,26)28-2/h3-12H,1-2H3,(H,25,26). The van der Waals surface area contributed by atoms with E-state index in [1.807, 2.05) is 0 Å². The first-order valence-electron chi connectivity index (χ1n) is 9.09. The summed E-state index contributed by atoms with van der Waals surface area (Å²) in [5, 5.41) is 0.597. The Morgan fingerprint density at radius 2 is 1.77 bits per heavy atom. The molecular weight excluding hydrogens is 423 g/mol. The molecule has 1 aliphatic heterocycles. The highest BCUT2D eigenvalue weighted by Gasteiger charge is 2.24. The van der Waals surface area contributed by atoms with Crippen molar-refractivity contribution >= 4 is 24.8 Å². The zero-order valence-corrected chi connectivity index (χ0v) is 17.4. The van der Waals surface area contributed by atoms with E-state index in [1.165, 1.54) is 31.4 Å². The van der Waals surface area contributed by atoms with Gasteiger partial charge in [0, 0.05) is 35.8 Å². The average Bonchev–Trinajstić information content (AvgIpc) is 2.76. The second-order valence-corrected chi connectivity index (χ2v) is 8.06. The SMILES string of the molecule is COC(=O)c1ccccc1-c1c2ccc(=O)cc-2oc2cc(OP(=O)(O)OC)ccc12. The van der Waals surface area contributed by atoms with E-state index in [0.717, 1.165) is 7.11 Å². The van der Waals surface area contributed by atoms with Crippen LogP contribution in [0.5, 0.6) is 5.75 Å². The predicted molar refractivity (Wildman–Crippen MR) is 113 cm³/mol. The number of carbonyl (C=O) groups is 1. The quantitative estimate of drug-likeness (QED) is 0.275. The Hall–Kier alpha value is -3.45. The highest BCUT2D eigenvalue weighted by molar-refractivity contribution is 7.47. The second kappa shape index (κ2) is 8.00. The van der Waals surface area contributed by atoms with Crippen molar-refractivity contribution in [2.75, 3.05) is 14.2 Å². The number of methoxy groups -OCH3 is 1. The molecule has 9 heteroatoms. The van der Waals surface area contributed by atoms with Crippen molar-refractivity contribution in [3.8, 4) is 28.2 Å². The Labute approximate surface area is 176 Å². The van der Waals surface area contributed by atoms with Gasteiger partial charge in [0.2, 0.25) is 0 Å². The lowest BCUT2D eigenvalue weighted by Crippen LogP contribution is -2.05. The first-order valence-corrected chi connectivity index (χ1v) is 10.6. The highest BCUT2D eigenvalue weighted by Crippen LogP contribution is 2.46. The van der Waals surface area contributed by atoms with E-state index >= 15 is 0 Å². The molecule has 0 radical (unpaired) electrons. The van der Waals surface area contributed by atoms with Gasteiger partial charge in [-0.3, -0.25) is 14.2 Å². The molecule has 0 saturated heterocycles. The van der Waals surface area contributed by atoms with Gasteiger partial charge in [0.25, 0.3) is 0 Å². The summed E-state index contributed by atoms with van der Waals surface area (Å²) in [6.45, 7) is 0. The summed E-state index contributed by atoms with van der Waals surface area (Å²) in [5.74, 6) is -0.195. The van der Waals surface area contributed by atoms with Crippen molar-refractivity contribution in [2.24, 2.45) is 0 Å². The molecule has 1 N–H and O–H groups in total. The fourth-order valence-corrected chi connectivity index (χ4v) is 3.81. The van der Waals surface area contributed by atoms with Gasteiger partial charge in [-0.15, -0.1) is 0 Å². The molecule has 0 aromatic heterocycles. The number of phosphoric acid groups is 1. The molecule has 0 fully saturated rings. The molecule has 2 aliphatic rings. The van der Waals surface area contributed by atoms with Gasteiger partial charge < -0.3 is 13.7 Å². The minimum atomic E-state index is -4.28. The Balaban J connectivity index is 2.05. The first-order chi connectivity index (χ1) is 14.8. The topological polar surface area (TPSA) is 112 Å². The Morgan fingerprint density at radius 1 is 1.00 bits per heavy atom. The van der Waals surface area contributed by atoms with Crippen molar-refractivity contribution in [3.63, 3.8) is 0 Å². The third-order valence-corrected chi connectivity index (χ3v) is 5.62. The van der Waals surface area contributed by atoms with Crippen LogP contribution >= 0.6 is 7.82 Å². The minimum absolute atomic E-state index is 0.0359. The van der Waals surface area contributed by atoms with Gasteiger partial charge in [-0.05, 0) is 35.9 Å². The fraction of sp³-hybridized carbons (Fsp3) is 0.0909. The summed E-state index contributed by atoms with van der Waals surface area (Å²) in [6.07, 6.45) is 0. The molecule has 0 spiro atoms. The number of hydrogen-bond acceptors (Lipinski definition) is 7. The van der Waals surface area contributed by atoms with Gasteiger partial charge in [-0.1, -0.05) is 18.2 Å². The number of fused-ring (bicyclic) bond motifs is 2. The molecule has 8 nitrogen and oxygen atoms in total. The number of rotatable bonds is 5. The third-order valence-electron chi connectivity index (χ3n) is 4.72. The van der Waals surface area contributed by atoms with Crippen LogP contribution in [0.2, 0.25) is 0 Å². The van der Waals surface area contributed by atoms with Gasteiger partial charge in [0.05, 0.1) is 12.7 Å². The smallest absolute Gasteiger partial charge is 0.465 e. The largest absolute Gasteiger partial charge is 0.527 e. The van der Waals surface area contributed by atoms with Gasteiger partial charge in [0.15, 0.2) is 5.43 Å². The number of ether oxygens (including phenoxy) is 1. The lowest BCUT2D eigenvalue weighted by molar-refractivity contribution is 0.0601. The van der Waals surface area contributed by atoms with Crippen molar-refractivity contribution in [3.05, 3.63) is 76.5 Å². The van der Waals surface area contributed by atoms with E-state index < -0.39 is 13.8 Å². The number of esters is 1. The zero-order valence-electron chi connectivity index (χ0n) is 16.5. The molecule has 2 aromatic carbocycles. The van der Waals surface area contributed by atoms with Crippen LogP contribution in [-0.4, -0.2) is 25.1 Å². The zero-order chi connectivity index (χ0) is 22.2. The molecule has 0 bridgehead atoms. The molecular formula is C22H17O8P. The Morgan fingerprint density at radius 3 is 2.52 bits per heavy atom. The minimum Gasteiger partial charge on any atom is -0.465 e. The predicted octanol–water partition coefficient (Wildman–Crippen LogP) is 4.48. The Kier molecular flexibility index (Phi) is 5.37. The van der Waals surface area contributed by atoms with Gasteiger partial charge in [-0.25, -0.2) is 9.36 Å². The molecule has 1 atom stereocenters. The molecule has 158 valence electrons. The Bertz CT molecular complexity index is 1370. The third kappa shape index (κ3) is 3.96. The van der Waals surface area contributed by atoms with Crippen LogP contribution in [0.3, 0.4) is 0 Å². The second-order valence-electron chi connectivity index (χ2n) is 6.57. The number of benzene rings is 3. The van der Waals surface area contributed by atoms with Gasteiger partial charge in [0.1, 0.15) is 17.1 Å². The van der Waals surface area contributed by atoms with Crippen LogP contribution in [0.25, 0.3) is 33.4 Å². The molecule has 4 rings (SSSR count). The van der Waals surface area contributed by atoms with Crippen molar-refractivity contribution in [1.29, 1.82) is 0 Å². The van der Waals surface area contributed by atoms with Crippen molar-refractivity contribution in [2.45, 2.75) is 0 Å². The summed E-state index contributed by atoms with van der Waals surface area (Å²) in [7, 11) is -1.93. The van der Waals surface area contributed by atoms with Crippen LogP contribution in [0.4, 0.5) is 0 Å². The fourth-order valence-electron chi connectivity index (χ4n) is 3.36. The summed E-state index contributed by atoms with van der Waals surface area (Å²) in [4.78, 5) is 33.9. The first kappa shape index (κ1) is 20.8. The summed E-state index contributed by atoms with van der Waals surface area (Å²) in [5.41, 5.74) is 2.20. The normalized spacial score (nSPS) is 13.1. The maximum Gasteiger partial charge on any atom is 0.527 e. The maximum absolute atomic E-state index is 12.4. The van der Waals surface area contributed by atoms with E-state index in [2.05, 4.69) is 4.52 Å². The number of phosphoric ester groups is 1. The van der Waals surface area contributed by atoms with E-state index in [9.17, 15) is 19.0 Å². The van der Waals surface area contributed by atoms with E-state index in [0.29, 0.717) is 27.6 Å². The summed E-state index contributed by atoms with van der Waals surface area (Å²) >= 11 is 0. The van der Waals surface area contributed by atoms with Crippen LogP contribution < -0.4 is 9.95 Å². The van der Waals surface area contributed by atoms with Gasteiger partial charge in [-0.2, -0.15) is 0 Å². The molecule has 31 heavy (non-hydrogen) atoms. The van der Waals surface area contributed by atoms with Gasteiger partial charge >= 0.3 is 13.8 Å². The van der Waals surface area contributed by atoms with Crippen molar-refractivity contribution in [1.82, 2.24) is 0 Å². The lowest BCUT2D eigenvalue weighted by atomic mass is 9.91. The molecule has 0 amide bonds. The van der Waals surface area contributed by atoms with E-state index in [-0.39, 0.29) is 22.5 Å². The monoisotopic (exact) mass is 440 g/mol. The van der Waals surface area contributed by atoms with Crippen molar-refractivity contribution < 1.29 is 32.5 Å². The van der Waals surface area contributed by atoms with Crippen LogP contribution in [0.15, 0.2) is 69.9 Å². The summed E-state index contributed by atoms with van der Waals surface area (Å²) < 4.78 is 32.1. The molecule has 1 aliphatic carbocycles. The maximum atomic E-state index is 12.4. The van der Waals surface area contributed by atoms with E-state index in [1.54, 1.807) is 36.4 Å². The van der Waals surface area contributed by atoms with Crippen LogP contribution in [0.1, 0.15) is 10.4 Å². The number of hydrogen-bond donors (Lipinski definition) is 1. The lowest BCUT2D eigenvalue weighted by Gasteiger charge is -2.18. The van der Waals surface area contributed by atoms with Crippen LogP contribution in [0, 0.1) is 0 Å². The molecule has 0 saturated carbocycles. The molecule has 2 aromatic rings. The van der Waals surface area contributed by atoms with E-state index in [4.69, 9.17) is 13.7 Å².